The highest BCUT2D eigenvalue weighted by Gasteiger charge is 2.16. The summed E-state index contributed by atoms with van der Waals surface area (Å²) in [5.41, 5.74) is 0.552. The fourth-order valence-corrected chi connectivity index (χ4v) is 2.48. The third-order valence-electron chi connectivity index (χ3n) is 3.23. The van der Waals surface area contributed by atoms with Gasteiger partial charge < -0.3 is 9.63 Å². The predicted molar refractivity (Wildman–Crippen MR) is 93.2 cm³/mol. The molecule has 9 heteroatoms. The number of aromatic hydroxyl groups is 1. The minimum atomic E-state index is -0.692. The summed E-state index contributed by atoms with van der Waals surface area (Å²) >= 11 is 12.2. The van der Waals surface area contributed by atoms with E-state index in [1.807, 2.05) is 0 Å². The first kappa shape index (κ1) is 16.9. The molecule has 0 aliphatic rings. The van der Waals surface area contributed by atoms with E-state index in [1.165, 1.54) is 24.3 Å². The summed E-state index contributed by atoms with van der Waals surface area (Å²) in [7, 11) is 0. The Balaban J connectivity index is 1.93. The lowest BCUT2D eigenvalue weighted by Gasteiger charge is -1.98. The van der Waals surface area contributed by atoms with Gasteiger partial charge >= 0.3 is 5.69 Å². The van der Waals surface area contributed by atoms with Gasteiger partial charge in [0, 0.05) is 11.6 Å². The van der Waals surface area contributed by atoms with Crippen molar-refractivity contribution in [3.05, 3.63) is 69.1 Å². The van der Waals surface area contributed by atoms with Crippen LogP contribution in [0.3, 0.4) is 0 Å². The summed E-state index contributed by atoms with van der Waals surface area (Å²) in [5.74, 6) is -0.131. The van der Waals surface area contributed by atoms with Gasteiger partial charge in [0.1, 0.15) is 5.03 Å². The van der Waals surface area contributed by atoms with Crippen molar-refractivity contribution in [2.75, 3.05) is 0 Å². The highest BCUT2D eigenvalue weighted by molar-refractivity contribution is 6.50. The van der Waals surface area contributed by atoms with E-state index in [1.54, 1.807) is 24.3 Å². The molecule has 3 aromatic rings. The van der Waals surface area contributed by atoms with E-state index >= 15 is 0 Å². The number of benzene rings is 2. The Labute approximate surface area is 151 Å². The second-order valence-corrected chi connectivity index (χ2v) is 5.71. The number of halogens is 2. The molecule has 1 heterocycles. The van der Waals surface area contributed by atoms with Crippen molar-refractivity contribution in [2.45, 2.75) is 0 Å². The number of hydrogen-bond acceptors (Lipinski definition) is 6. The highest BCUT2D eigenvalue weighted by Crippen LogP contribution is 2.30. The second kappa shape index (κ2) is 6.92. The molecule has 126 valence electrons. The van der Waals surface area contributed by atoms with E-state index in [9.17, 15) is 15.2 Å². The van der Waals surface area contributed by atoms with Crippen LogP contribution in [0, 0.1) is 10.1 Å². The first-order valence-electron chi connectivity index (χ1n) is 6.89. The molecule has 0 amide bonds. The predicted octanol–water partition coefficient (Wildman–Crippen LogP) is 4.74. The third-order valence-corrected chi connectivity index (χ3v) is 3.84. The molecule has 0 fully saturated rings. The molecule has 3 rings (SSSR count). The standard InChI is InChI=1S/C16H9Cl2N3O4/c17-11-4-2-1-3-10(11)15-19-16(25-20-15)12(18)7-9-5-6-14(22)13(8-9)21(23)24/h1-8,22H/b12-7-. The largest absolute Gasteiger partial charge is 0.502 e. The quantitative estimate of drug-likeness (QED) is 0.520. The van der Waals surface area contributed by atoms with Crippen LogP contribution in [0.4, 0.5) is 5.69 Å². The number of hydrogen-bond donors (Lipinski definition) is 1. The van der Waals surface area contributed by atoms with Crippen molar-refractivity contribution in [1.82, 2.24) is 10.1 Å². The van der Waals surface area contributed by atoms with Crippen molar-refractivity contribution in [1.29, 1.82) is 0 Å². The molecule has 0 atom stereocenters. The van der Waals surface area contributed by atoms with Crippen LogP contribution in [-0.2, 0) is 0 Å². The molecule has 25 heavy (non-hydrogen) atoms. The average molecular weight is 378 g/mol. The molecule has 0 radical (unpaired) electrons. The molecule has 1 N–H and O–H groups in total. The lowest BCUT2D eigenvalue weighted by Crippen LogP contribution is -1.89. The van der Waals surface area contributed by atoms with Crippen molar-refractivity contribution in [2.24, 2.45) is 0 Å². The van der Waals surface area contributed by atoms with Crippen LogP contribution in [-0.4, -0.2) is 20.2 Å². The number of nitro groups is 1. The Bertz CT molecular complexity index is 985. The zero-order chi connectivity index (χ0) is 18.0. The van der Waals surface area contributed by atoms with E-state index in [2.05, 4.69) is 10.1 Å². The van der Waals surface area contributed by atoms with Gasteiger partial charge in [-0.2, -0.15) is 4.98 Å². The zero-order valence-corrected chi connectivity index (χ0v) is 13.9. The molecule has 0 aliphatic carbocycles. The Kier molecular flexibility index (Phi) is 4.69. The number of aromatic nitrogens is 2. The summed E-state index contributed by atoms with van der Waals surface area (Å²) in [5, 5.41) is 24.7. The summed E-state index contributed by atoms with van der Waals surface area (Å²) in [4.78, 5) is 14.3. The first-order valence-corrected chi connectivity index (χ1v) is 7.65. The summed E-state index contributed by atoms with van der Waals surface area (Å²) in [6.45, 7) is 0. The van der Waals surface area contributed by atoms with Crippen LogP contribution < -0.4 is 0 Å². The number of nitrogens with zero attached hydrogens (tertiary/aromatic N) is 3. The normalized spacial score (nSPS) is 11.5. The van der Waals surface area contributed by atoms with Crippen molar-refractivity contribution in [3.8, 4) is 17.1 Å². The minimum absolute atomic E-state index is 0.0346. The molecule has 0 spiro atoms. The summed E-state index contributed by atoms with van der Waals surface area (Å²) in [6, 6.07) is 10.8. The third kappa shape index (κ3) is 3.62. The monoisotopic (exact) mass is 377 g/mol. The number of rotatable bonds is 4. The van der Waals surface area contributed by atoms with Gasteiger partial charge in [-0.3, -0.25) is 10.1 Å². The summed E-state index contributed by atoms with van der Waals surface area (Å²) < 4.78 is 5.11. The lowest BCUT2D eigenvalue weighted by atomic mass is 10.1. The Morgan fingerprint density at radius 1 is 1.28 bits per heavy atom. The van der Waals surface area contributed by atoms with Crippen LogP contribution >= 0.6 is 23.2 Å². The average Bonchev–Trinajstić information content (AvgIpc) is 3.06. The minimum Gasteiger partial charge on any atom is -0.502 e. The van der Waals surface area contributed by atoms with Crippen molar-refractivity contribution >= 4 is 40.0 Å². The molecule has 0 aliphatic heterocycles. The van der Waals surface area contributed by atoms with Crippen LogP contribution in [0.15, 0.2) is 47.0 Å². The second-order valence-electron chi connectivity index (χ2n) is 4.90. The van der Waals surface area contributed by atoms with E-state index < -0.39 is 16.4 Å². The van der Waals surface area contributed by atoms with E-state index in [0.29, 0.717) is 16.1 Å². The highest BCUT2D eigenvalue weighted by atomic mass is 35.5. The fraction of sp³-hybridized carbons (Fsp3) is 0. The van der Waals surface area contributed by atoms with Gasteiger partial charge in [0.15, 0.2) is 5.75 Å². The van der Waals surface area contributed by atoms with Crippen molar-refractivity contribution < 1.29 is 14.6 Å². The molecule has 0 bridgehead atoms. The van der Waals surface area contributed by atoms with Gasteiger partial charge in [-0.1, -0.05) is 46.6 Å². The van der Waals surface area contributed by atoms with Gasteiger partial charge in [-0.25, -0.2) is 0 Å². The molecule has 0 unspecified atom stereocenters. The molecule has 0 saturated heterocycles. The summed E-state index contributed by atoms with van der Waals surface area (Å²) in [6.07, 6.45) is 1.41. The van der Waals surface area contributed by atoms with E-state index in [4.69, 9.17) is 27.7 Å². The van der Waals surface area contributed by atoms with Gasteiger partial charge in [0.25, 0.3) is 5.89 Å². The lowest BCUT2D eigenvalue weighted by molar-refractivity contribution is -0.385. The first-order chi connectivity index (χ1) is 12.0. The van der Waals surface area contributed by atoms with Crippen LogP contribution in [0.25, 0.3) is 22.5 Å². The van der Waals surface area contributed by atoms with E-state index in [-0.39, 0.29) is 16.7 Å². The Hall–Kier alpha value is -2.90. The van der Waals surface area contributed by atoms with Gasteiger partial charge in [-0.15, -0.1) is 0 Å². The molecule has 2 aromatic carbocycles. The van der Waals surface area contributed by atoms with Gasteiger partial charge in [0.2, 0.25) is 5.82 Å². The SMILES string of the molecule is O=[N+]([O-])c1cc(/C=C(\Cl)c2nc(-c3ccccc3Cl)no2)ccc1O. The Morgan fingerprint density at radius 3 is 2.76 bits per heavy atom. The van der Waals surface area contributed by atoms with Crippen LogP contribution in [0.1, 0.15) is 11.5 Å². The van der Waals surface area contributed by atoms with Gasteiger partial charge in [-0.05, 0) is 29.8 Å². The van der Waals surface area contributed by atoms with Crippen LogP contribution in [0.2, 0.25) is 5.02 Å². The number of phenolic OH excluding ortho intramolecular Hbond substituents is 1. The number of phenols is 1. The molecular weight excluding hydrogens is 369 g/mol. The topological polar surface area (TPSA) is 102 Å². The fourth-order valence-electron chi connectivity index (χ4n) is 2.06. The maximum Gasteiger partial charge on any atom is 0.311 e. The Morgan fingerprint density at radius 2 is 2.04 bits per heavy atom. The smallest absolute Gasteiger partial charge is 0.311 e. The molecule has 1 aromatic heterocycles. The number of nitro benzene ring substituents is 1. The zero-order valence-electron chi connectivity index (χ0n) is 12.4. The maximum absolute atomic E-state index is 10.9. The van der Waals surface area contributed by atoms with Gasteiger partial charge in [0.05, 0.1) is 9.95 Å². The molecule has 0 saturated carbocycles. The van der Waals surface area contributed by atoms with Crippen LogP contribution in [0.5, 0.6) is 5.75 Å². The maximum atomic E-state index is 10.9. The molecule has 7 nitrogen and oxygen atoms in total. The van der Waals surface area contributed by atoms with E-state index in [0.717, 1.165) is 0 Å². The molecular formula is C16H9Cl2N3O4. The van der Waals surface area contributed by atoms with Crippen molar-refractivity contribution in [3.63, 3.8) is 0 Å².